The average Bonchev–Trinajstić information content (AvgIpc) is 2.12. The number of hydrogen-bond donors (Lipinski definition) is 1. The first-order valence-electron chi connectivity index (χ1n) is 4.53. The second-order valence-corrected chi connectivity index (χ2v) is 2.87. The van der Waals surface area contributed by atoms with Crippen LogP contribution >= 0.6 is 0 Å². The molecule has 2 unspecified atom stereocenters. The summed E-state index contributed by atoms with van der Waals surface area (Å²) in [6.07, 6.45) is 1.51. The van der Waals surface area contributed by atoms with E-state index in [1.54, 1.807) is 7.11 Å². The fraction of sp³-hybridized carbons (Fsp3) is 1.00. The summed E-state index contributed by atoms with van der Waals surface area (Å²) in [6, 6.07) is 0. The summed E-state index contributed by atoms with van der Waals surface area (Å²) in [7, 11) is 1.67. The molecule has 74 valence electrons. The van der Waals surface area contributed by atoms with Crippen molar-refractivity contribution < 1.29 is 14.6 Å². The van der Waals surface area contributed by atoms with Crippen LogP contribution in [0.1, 0.15) is 26.7 Å². The lowest BCUT2D eigenvalue weighted by Gasteiger charge is -2.14. The average molecular weight is 176 g/mol. The van der Waals surface area contributed by atoms with Gasteiger partial charge in [0.05, 0.1) is 25.4 Å². The highest BCUT2D eigenvalue weighted by atomic mass is 16.5. The van der Waals surface area contributed by atoms with Crippen molar-refractivity contribution in [1.29, 1.82) is 0 Å². The molecule has 3 nitrogen and oxygen atoms in total. The highest BCUT2D eigenvalue weighted by Gasteiger charge is 2.05. The summed E-state index contributed by atoms with van der Waals surface area (Å²) in [5, 5.41) is 9.15. The lowest BCUT2D eigenvalue weighted by atomic mass is 10.3. The molecular weight excluding hydrogens is 156 g/mol. The molecule has 0 heterocycles. The van der Waals surface area contributed by atoms with Crippen LogP contribution in [0.15, 0.2) is 0 Å². The number of hydrogen-bond acceptors (Lipinski definition) is 3. The third-order valence-electron chi connectivity index (χ3n) is 1.87. The predicted molar refractivity (Wildman–Crippen MR) is 48.2 cm³/mol. The molecule has 12 heavy (non-hydrogen) atoms. The Morgan fingerprint density at radius 3 is 2.25 bits per heavy atom. The predicted octanol–water partition coefficient (Wildman–Crippen LogP) is 1.20. The molecule has 2 atom stereocenters. The lowest BCUT2D eigenvalue weighted by Crippen LogP contribution is -2.21. The van der Waals surface area contributed by atoms with Gasteiger partial charge in [-0.2, -0.15) is 0 Å². The molecule has 0 rings (SSSR count). The van der Waals surface area contributed by atoms with E-state index in [-0.39, 0.29) is 12.2 Å². The maximum atomic E-state index is 9.15. The van der Waals surface area contributed by atoms with Crippen LogP contribution in [0.3, 0.4) is 0 Å². The monoisotopic (exact) mass is 176 g/mol. The van der Waals surface area contributed by atoms with E-state index in [4.69, 9.17) is 14.6 Å². The van der Waals surface area contributed by atoms with Crippen molar-refractivity contribution in [3.05, 3.63) is 0 Å². The number of ether oxygens (including phenoxy) is 2. The van der Waals surface area contributed by atoms with Gasteiger partial charge in [-0.15, -0.1) is 0 Å². The lowest BCUT2D eigenvalue weighted by molar-refractivity contribution is -0.0245. The third kappa shape index (κ3) is 5.52. The second-order valence-electron chi connectivity index (χ2n) is 2.87. The van der Waals surface area contributed by atoms with E-state index < -0.39 is 0 Å². The second kappa shape index (κ2) is 7.53. The van der Waals surface area contributed by atoms with Crippen molar-refractivity contribution in [2.75, 3.05) is 20.3 Å². The molecule has 0 bridgehead atoms. The Morgan fingerprint density at radius 1 is 1.17 bits per heavy atom. The van der Waals surface area contributed by atoms with E-state index in [2.05, 4.69) is 0 Å². The fourth-order valence-electron chi connectivity index (χ4n) is 0.806. The van der Waals surface area contributed by atoms with Gasteiger partial charge in [-0.05, 0) is 12.8 Å². The van der Waals surface area contributed by atoms with Gasteiger partial charge >= 0.3 is 0 Å². The van der Waals surface area contributed by atoms with Gasteiger partial charge < -0.3 is 14.6 Å². The van der Waals surface area contributed by atoms with Gasteiger partial charge in [0.25, 0.3) is 0 Å². The molecule has 0 saturated carbocycles. The van der Waals surface area contributed by atoms with Crippen LogP contribution in [-0.4, -0.2) is 37.6 Å². The van der Waals surface area contributed by atoms with E-state index >= 15 is 0 Å². The maximum Gasteiger partial charge on any atom is 0.0802 e. The number of aliphatic hydroxyl groups is 1. The van der Waals surface area contributed by atoms with Gasteiger partial charge in [0.1, 0.15) is 0 Å². The van der Waals surface area contributed by atoms with Crippen LogP contribution in [0.4, 0.5) is 0 Å². The molecule has 0 aromatic carbocycles. The molecule has 0 spiro atoms. The van der Waals surface area contributed by atoms with Crippen LogP contribution in [0.5, 0.6) is 0 Å². The third-order valence-corrected chi connectivity index (χ3v) is 1.87. The SMILES string of the molecule is CCC(O)COCC(CC)OC. The molecule has 1 N–H and O–H groups in total. The van der Waals surface area contributed by atoms with Gasteiger partial charge in [0.2, 0.25) is 0 Å². The maximum absolute atomic E-state index is 9.15. The van der Waals surface area contributed by atoms with Crippen LogP contribution in [0.2, 0.25) is 0 Å². The van der Waals surface area contributed by atoms with Gasteiger partial charge in [-0.1, -0.05) is 13.8 Å². The summed E-state index contributed by atoms with van der Waals surface area (Å²) < 4.78 is 10.4. The first-order valence-corrected chi connectivity index (χ1v) is 4.53. The minimum atomic E-state index is -0.334. The normalized spacial score (nSPS) is 16.0. The summed E-state index contributed by atoms with van der Waals surface area (Å²) in [5.74, 6) is 0. The summed E-state index contributed by atoms with van der Waals surface area (Å²) in [6.45, 7) is 4.97. The molecule has 0 radical (unpaired) electrons. The molecule has 0 aliphatic carbocycles. The number of rotatable bonds is 7. The molecule has 0 amide bonds. The molecule has 0 saturated heterocycles. The highest BCUT2D eigenvalue weighted by molar-refractivity contribution is 4.54. The first-order chi connectivity index (χ1) is 5.74. The Hall–Kier alpha value is -0.120. The minimum Gasteiger partial charge on any atom is -0.391 e. The summed E-state index contributed by atoms with van der Waals surface area (Å²) >= 11 is 0. The summed E-state index contributed by atoms with van der Waals surface area (Å²) in [4.78, 5) is 0. The van der Waals surface area contributed by atoms with Crippen LogP contribution in [0.25, 0.3) is 0 Å². The van der Waals surface area contributed by atoms with E-state index in [9.17, 15) is 0 Å². The Kier molecular flexibility index (Phi) is 7.45. The molecular formula is C9H20O3. The van der Waals surface area contributed by atoms with E-state index in [0.717, 1.165) is 12.8 Å². The standard InChI is InChI=1S/C9H20O3/c1-4-8(10)6-12-7-9(5-2)11-3/h8-10H,4-7H2,1-3H3. The molecule has 0 aliphatic heterocycles. The van der Waals surface area contributed by atoms with Crippen molar-refractivity contribution in [2.45, 2.75) is 38.9 Å². The Labute approximate surface area is 74.7 Å². The van der Waals surface area contributed by atoms with Crippen molar-refractivity contribution in [1.82, 2.24) is 0 Å². The first kappa shape index (κ1) is 11.9. The molecule has 0 aliphatic rings. The highest BCUT2D eigenvalue weighted by Crippen LogP contribution is 1.98. The van der Waals surface area contributed by atoms with Crippen molar-refractivity contribution >= 4 is 0 Å². The zero-order valence-electron chi connectivity index (χ0n) is 8.25. The topological polar surface area (TPSA) is 38.7 Å². The van der Waals surface area contributed by atoms with Gasteiger partial charge in [0.15, 0.2) is 0 Å². The van der Waals surface area contributed by atoms with Crippen LogP contribution < -0.4 is 0 Å². The zero-order chi connectivity index (χ0) is 9.40. The molecule has 0 aromatic heterocycles. The summed E-state index contributed by atoms with van der Waals surface area (Å²) in [5.41, 5.74) is 0. The van der Waals surface area contributed by atoms with Crippen molar-refractivity contribution in [3.63, 3.8) is 0 Å². The zero-order valence-corrected chi connectivity index (χ0v) is 8.25. The molecule has 3 heteroatoms. The van der Waals surface area contributed by atoms with E-state index in [1.807, 2.05) is 13.8 Å². The van der Waals surface area contributed by atoms with Crippen molar-refractivity contribution in [3.8, 4) is 0 Å². The quantitative estimate of drug-likeness (QED) is 0.633. The van der Waals surface area contributed by atoms with Crippen LogP contribution in [0, 0.1) is 0 Å². The molecule has 0 fully saturated rings. The smallest absolute Gasteiger partial charge is 0.0802 e. The van der Waals surface area contributed by atoms with Crippen molar-refractivity contribution in [2.24, 2.45) is 0 Å². The van der Waals surface area contributed by atoms with Gasteiger partial charge in [-0.25, -0.2) is 0 Å². The largest absolute Gasteiger partial charge is 0.391 e. The number of aliphatic hydroxyl groups excluding tert-OH is 1. The van der Waals surface area contributed by atoms with E-state index in [1.165, 1.54) is 0 Å². The van der Waals surface area contributed by atoms with E-state index in [0.29, 0.717) is 13.2 Å². The fourth-order valence-corrected chi connectivity index (χ4v) is 0.806. The molecule has 0 aromatic rings. The van der Waals surface area contributed by atoms with Gasteiger partial charge in [0, 0.05) is 7.11 Å². The van der Waals surface area contributed by atoms with Gasteiger partial charge in [-0.3, -0.25) is 0 Å². The van der Waals surface area contributed by atoms with Crippen LogP contribution in [-0.2, 0) is 9.47 Å². The number of methoxy groups -OCH3 is 1. The Morgan fingerprint density at radius 2 is 1.83 bits per heavy atom. The minimum absolute atomic E-state index is 0.161. The Balaban J connectivity index is 3.28. The Bertz CT molecular complexity index is 91.8.